The lowest BCUT2D eigenvalue weighted by Crippen LogP contribution is -2.37. The zero-order valence-electron chi connectivity index (χ0n) is 10.6. The van der Waals surface area contributed by atoms with Crippen LogP contribution in [0.25, 0.3) is 0 Å². The summed E-state index contributed by atoms with van der Waals surface area (Å²) in [5, 5.41) is 0. The second-order valence-electron chi connectivity index (χ2n) is 4.90. The molecule has 7 heteroatoms. The number of hydrogen-bond acceptors (Lipinski definition) is 3. The number of nitrogens with two attached hydrogens (primary N) is 1. The molecule has 0 saturated carbocycles. The van der Waals surface area contributed by atoms with Gasteiger partial charge >= 0.3 is 0 Å². The Morgan fingerprint density at radius 1 is 1.35 bits per heavy atom. The van der Waals surface area contributed by atoms with Crippen LogP contribution in [0, 0.1) is 11.6 Å². The molecule has 1 atom stereocenters. The Morgan fingerprint density at radius 2 is 2.10 bits per heavy atom. The topological polar surface area (TPSA) is 56.2 Å². The number of amidine groups is 1. The lowest BCUT2D eigenvalue weighted by atomic mass is 9.90. The summed E-state index contributed by atoms with van der Waals surface area (Å²) in [5.74, 6) is -0.494. The van der Waals surface area contributed by atoms with Gasteiger partial charge in [-0.15, -0.1) is 0 Å². The van der Waals surface area contributed by atoms with Crippen LogP contribution in [0.4, 0.5) is 8.78 Å². The minimum atomic E-state index is -0.905. The van der Waals surface area contributed by atoms with Gasteiger partial charge in [0.2, 0.25) is 0 Å². The largest absolute Gasteiger partial charge is 0.381 e. The average molecular weight is 341 g/mol. The van der Waals surface area contributed by atoms with Crippen LogP contribution in [0.15, 0.2) is 34.0 Å². The van der Waals surface area contributed by atoms with Crippen LogP contribution in [0.1, 0.15) is 18.3 Å². The Morgan fingerprint density at radius 3 is 2.85 bits per heavy atom. The molecule has 0 fully saturated rings. The highest BCUT2D eigenvalue weighted by molar-refractivity contribution is 9.10. The lowest BCUT2D eigenvalue weighted by molar-refractivity contribution is 0.381. The predicted octanol–water partition coefficient (Wildman–Crippen LogP) is 2.56. The van der Waals surface area contributed by atoms with Crippen LogP contribution in [0.5, 0.6) is 0 Å². The van der Waals surface area contributed by atoms with Gasteiger partial charge < -0.3 is 10.3 Å². The molecule has 0 bridgehead atoms. The van der Waals surface area contributed by atoms with E-state index in [1.807, 2.05) is 0 Å². The molecule has 1 aromatic carbocycles. The fourth-order valence-electron chi connectivity index (χ4n) is 2.43. The summed E-state index contributed by atoms with van der Waals surface area (Å²) in [4.78, 5) is 8.45. The second-order valence-corrected chi connectivity index (χ2v) is 5.75. The number of nitrogens with zero attached hydrogens (tertiary/aromatic N) is 3. The maximum absolute atomic E-state index is 14.1. The van der Waals surface area contributed by atoms with Gasteiger partial charge in [0, 0.05) is 24.0 Å². The fraction of sp³-hybridized carbons (Fsp3) is 0.231. The van der Waals surface area contributed by atoms with Crippen molar-refractivity contribution in [2.45, 2.75) is 19.0 Å². The molecule has 4 nitrogen and oxygen atoms in total. The smallest absolute Gasteiger partial charge is 0.175 e. The molecule has 20 heavy (non-hydrogen) atoms. The van der Waals surface area contributed by atoms with Crippen molar-refractivity contribution in [3.05, 3.63) is 52.0 Å². The molecule has 0 radical (unpaired) electrons. The maximum Gasteiger partial charge on any atom is 0.175 e. The highest BCUT2D eigenvalue weighted by atomic mass is 79.9. The molecule has 2 aromatic rings. The summed E-state index contributed by atoms with van der Waals surface area (Å²) in [5.41, 5.74) is 5.26. The number of benzene rings is 1. The number of rotatable bonds is 1. The van der Waals surface area contributed by atoms with Crippen molar-refractivity contribution in [2.24, 2.45) is 10.7 Å². The van der Waals surface area contributed by atoms with Crippen molar-refractivity contribution in [3.63, 3.8) is 0 Å². The first kappa shape index (κ1) is 13.2. The minimum absolute atomic E-state index is 0.195. The average Bonchev–Trinajstić information content (AvgIpc) is 2.81. The normalized spacial score (nSPS) is 21.5. The van der Waals surface area contributed by atoms with E-state index in [0.29, 0.717) is 12.4 Å². The number of halogens is 3. The van der Waals surface area contributed by atoms with Gasteiger partial charge in [-0.2, -0.15) is 0 Å². The van der Waals surface area contributed by atoms with E-state index in [1.54, 1.807) is 23.9 Å². The van der Waals surface area contributed by atoms with Crippen molar-refractivity contribution in [1.29, 1.82) is 0 Å². The fourth-order valence-corrected chi connectivity index (χ4v) is 2.78. The first-order chi connectivity index (χ1) is 9.40. The SMILES string of the molecule is C[C@@]1(c2cc(Br)c(F)cc2F)Cn2ccnc2C(N)=N1. The second kappa shape index (κ2) is 4.37. The number of aliphatic imine (C=N–C) groups is 1. The Bertz CT molecular complexity index is 725. The summed E-state index contributed by atoms with van der Waals surface area (Å²) >= 11 is 3.07. The van der Waals surface area contributed by atoms with Gasteiger partial charge in [0.15, 0.2) is 11.7 Å². The van der Waals surface area contributed by atoms with Crippen molar-refractivity contribution in [3.8, 4) is 0 Å². The Hall–Kier alpha value is -1.76. The molecule has 1 aliphatic rings. The third-order valence-electron chi connectivity index (χ3n) is 3.38. The van der Waals surface area contributed by atoms with E-state index in [4.69, 9.17) is 5.73 Å². The molecule has 2 N–H and O–H groups in total. The quantitative estimate of drug-likeness (QED) is 0.811. The summed E-state index contributed by atoms with van der Waals surface area (Å²) in [6.07, 6.45) is 3.37. The Labute approximate surface area is 122 Å². The third kappa shape index (κ3) is 1.93. The van der Waals surface area contributed by atoms with Crippen molar-refractivity contribution in [2.75, 3.05) is 0 Å². The van der Waals surface area contributed by atoms with Gasteiger partial charge in [-0.05, 0) is 28.9 Å². The molecule has 0 amide bonds. The number of hydrogen-bond donors (Lipinski definition) is 1. The number of aromatic nitrogens is 2. The molecule has 1 aromatic heterocycles. The first-order valence-corrected chi connectivity index (χ1v) is 6.72. The van der Waals surface area contributed by atoms with Gasteiger partial charge in [0.05, 0.1) is 11.0 Å². The molecule has 0 spiro atoms. The molecular formula is C13H11BrF2N4. The van der Waals surface area contributed by atoms with Crippen molar-refractivity contribution in [1.82, 2.24) is 9.55 Å². The van der Waals surface area contributed by atoms with Gasteiger partial charge in [-0.1, -0.05) is 0 Å². The highest BCUT2D eigenvalue weighted by Gasteiger charge is 2.35. The van der Waals surface area contributed by atoms with Crippen LogP contribution in [-0.4, -0.2) is 15.4 Å². The molecular weight excluding hydrogens is 330 g/mol. The van der Waals surface area contributed by atoms with Crippen molar-refractivity contribution < 1.29 is 8.78 Å². The third-order valence-corrected chi connectivity index (χ3v) is 3.99. The summed E-state index contributed by atoms with van der Waals surface area (Å²) in [7, 11) is 0. The minimum Gasteiger partial charge on any atom is -0.381 e. The molecule has 104 valence electrons. The van der Waals surface area contributed by atoms with E-state index in [-0.39, 0.29) is 15.9 Å². The number of fused-ring (bicyclic) bond motifs is 1. The molecule has 3 rings (SSSR count). The lowest BCUT2D eigenvalue weighted by Gasteiger charge is -2.31. The van der Waals surface area contributed by atoms with Crippen LogP contribution in [0.2, 0.25) is 0 Å². The van der Waals surface area contributed by atoms with Crippen LogP contribution in [-0.2, 0) is 12.1 Å². The molecule has 1 aliphatic heterocycles. The van der Waals surface area contributed by atoms with E-state index in [9.17, 15) is 8.78 Å². The van der Waals surface area contributed by atoms with Gasteiger partial charge in [0.1, 0.15) is 17.2 Å². The Balaban J connectivity index is 2.15. The van der Waals surface area contributed by atoms with Gasteiger partial charge in [-0.3, -0.25) is 4.99 Å². The predicted molar refractivity (Wildman–Crippen MR) is 74.4 cm³/mol. The van der Waals surface area contributed by atoms with E-state index < -0.39 is 17.2 Å². The molecule has 0 saturated heterocycles. The zero-order chi connectivity index (χ0) is 14.5. The van der Waals surface area contributed by atoms with Gasteiger partial charge in [0.25, 0.3) is 0 Å². The van der Waals surface area contributed by atoms with E-state index in [2.05, 4.69) is 25.9 Å². The number of imidazole rings is 1. The molecule has 0 unspecified atom stereocenters. The highest BCUT2D eigenvalue weighted by Crippen LogP contribution is 2.35. The molecule has 2 heterocycles. The van der Waals surface area contributed by atoms with E-state index >= 15 is 0 Å². The Kier molecular flexibility index (Phi) is 2.89. The van der Waals surface area contributed by atoms with E-state index in [0.717, 1.165) is 6.07 Å². The summed E-state index contributed by atoms with van der Waals surface area (Å²) in [6.45, 7) is 2.14. The summed E-state index contributed by atoms with van der Waals surface area (Å²) < 4.78 is 29.4. The van der Waals surface area contributed by atoms with Crippen molar-refractivity contribution >= 4 is 21.8 Å². The monoisotopic (exact) mass is 340 g/mol. The standard InChI is InChI=1S/C13H11BrF2N4/c1-13(7-4-8(14)10(16)5-9(7)15)6-20-3-2-18-12(20)11(17)19-13/h2-5H,6H2,1H3,(H2,17,19)/t13-/m0/s1. The van der Waals surface area contributed by atoms with Crippen LogP contribution in [0.3, 0.4) is 0 Å². The maximum atomic E-state index is 14.1. The van der Waals surface area contributed by atoms with Crippen LogP contribution >= 0.6 is 15.9 Å². The molecule has 0 aliphatic carbocycles. The zero-order valence-corrected chi connectivity index (χ0v) is 12.2. The van der Waals surface area contributed by atoms with E-state index in [1.165, 1.54) is 6.07 Å². The summed E-state index contributed by atoms with van der Waals surface area (Å²) in [6, 6.07) is 2.25. The first-order valence-electron chi connectivity index (χ1n) is 5.92. The van der Waals surface area contributed by atoms with Crippen LogP contribution < -0.4 is 5.73 Å². The van der Waals surface area contributed by atoms with Gasteiger partial charge in [-0.25, -0.2) is 13.8 Å².